The van der Waals surface area contributed by atoms with Gasteiger partial charge in [0.1, 0.15) is 0 Å². The maximum absolute atomic E-state index is 6.02. The van der Waals surface area contributed by atoms with E-state index in [1.165, 1.54) is 18.4 Å². The van der Waals surface area contributed by atoms with Gasteiger partial charge in [0.25, 0.3) is 0 Å². The number of benzene rings is 1. The highest BCUT2D eigenvalue weighted by molar-refractivity contribution is 5.15. The van der Waals surface area contributed by atoms with Crippen LogP contribution in [-0.2, 0) is 16.0 Å². The van der Waals surface area contributed by atoms with E-state index in [0.29, 0.717) is 11.8 Å². The third-order valence-electron chi connectivity index (χ3n) is 4.95. The number of ether oxygens (including phenoxy) is 2. The Morgan fingerprint density at radius 1 is 1.00 bits per heavy atom. The largest absolute Gasteiger partial charge is 0.347 e. The van der Waals surface area contributed by atoms with Gasteiger partial charge in [-0.15, -0.1) is 0 Å². The predicted molar refractivity (Wildman–Crippen MR) is 72.6 cm³/mol. The van der Waals surface area contributed by atoms with Crippen LogP contribution >= 0.6 is 0 Å². The minimum Gasteiger partial charge on any atom is -0.347 e. The van der Waals surface area contributed by atoms with Gasteiger partial charge < -0.3 is 9.47 Å². The molecular weight excluding hydrogens is 238 g/mol. The summed E-state index contributed by atoms with van der Waals surface area (Å²) < 4.78 is 12.0. The van der Waals surface area contributed by atoms with Gasteiger partial charge in [-0.2, -0.15) is 0 Å². The lowest BCUT2D eigenvalue weighted by Gasteiger charge is -2.43. The molecule has 2 bridgehead atoms. The SMILES string of the molecule is c1ccc(CN2C[C@H]3CC[C@@H](C2)C32OCCO2)cc1. The molecule has 4 rings (SSSR count). The number of rotatable bonds is 2. The Hall–Kier alpha value is -0.900. The highest BCUT2D eigenvalue weighted by Gasteiger charge is 2.57. The van der Waals surface area contributed by atoms with Crippen LogP contribution in [0.3, 0.4) is 0 Å². The van der Waals surface area contributed by atoms with Crippen LogP contribution in [0.4, 0.5) is 0 Å². The zero-order valence-corrected chi connectivity index (χ0v) is 11.3. The predicted octanol–water partition coefficient (Wildman–Crippen LogP) is 2.27. The molecule has 3 aliphatic rings. The Balaban J connectivity index is 1.49. The molecule has 3 nitrogen and oxygen atoms in total. The van der Waals surface area contributed by atoms with Crippen molar-refractivity contribution >= 4 is 0 Å². The van der Waals surface area contributed by atoms with Crippen LogP contribution in [0, 0.1) is 11.8 Å². The second kappa shape index (κ2) is 4.58. The van der Waals surface area contributed by atoms with Crippen molar-refractivity contribution in [2.24, 2.45) is 11.8 Å². The summed E-state index contributed by atoms with van der Waals surface area (Å²) in [6.45, 7) is 4.86. The van der Waals surface area contributed by atoms with E-state index in [-0.39, 0.29) is 5.79 Å². The molecule has 19 heavy (non-hydrogen) atoms. The van der Waals surface area contributed by atoms with Crippen molar-refractivity contribution in [2.75, 3.05) is 26.3 Å². The van der Waals surface area contributed by atoms with E-state index in [2.05, 4.69) is 35.2 Å². The van der Waals surface area contributed by atoms with Crippen molar-refractivity contribution in [1.29, 1.82) is 0 Å². The smallest absolute Gasteiger partial charge is 0.176 e. The topological polar surface area (TPSA) is 21.7 Å². The third-order valence-corrected chi connectivity index (χ3v) is 4.95. The molecule has 0 unspecified atom stereocenters. The summed E-state index contributed by atoms with van der Waals surface area (Å²) in [5.74, 6) is 0.919. The van der Waals surface area contributed by atoms with Gasteiger partial charge >= 0.3 is 0 Å². The van der Waals surface area contributed by atoms with E-state index >= 15 is 0 Å². The minimum atomic E-state index is -0.215. The van der Waals surface area contributed by atoms with Crippen molar-refractivity contribution in [3.8, 4) is 0 Å². The summed E-state index contributed by atoms with van der Waals surface area (Å²) in [5, 5.41) is 0. The Labute approximate surface area is 114 Å². The molecule has 1 aliphatic carbocycles. The van der Waals surface area contributed by atoms with Crippen LogP contribution in [0.25, 0.3) is 0 Å². The number of hydrogen-bond acceptors (Lipinski definition) is 3. The summed E-state index contributed by atoms with van der Waals surface area (Å²) in [4.78, 5) is 2.58. The van der Waals surface area contributed by atoms with Crippen LogP contribution in [-0.4, -0.2) is 37.0 Å². The molecule has 1 aromatic rings. The van der Waals surface area contributed by atoms with Crippen LogP contribution in [0.1, 0.15) is 18.4 Å². The Bertz CT molecular complexity index is 425. The lowest BCUT2D eigenvalue weighted by atomic mass is 9.90. The van der Waals surface area contributed by atoms with Gasteiger partial charge in [0.15, 0.2) is 5.79 Å². The van der Waals surface area contributed by atoms with Crippen molar-refractivity contribution < 1.29 is 9.47 Å². The first-order valence-electron chi connectivity index (χ1n) is 7.41. The number of hydrogen-bond donors (Lipinski definition) is 0. The first-order chi connectivity index (χ1) is 9.37. The molecule has 1 spiro atoms. The molecule has 102 valence electrons. The fourth-order valence-electron chi connectivity index (χ4n) is 4.16. The van der Waals surface area contributed by atoms with Gasteiger partial charge in [0, 0.05) is 31.5 Å². The second-order valence-corrected chi connectivity index (χ2v) is 6.07. The van der Waals surface area contributed by atoms with Crippen molar-refractivity contribution in [2.45, 2.75) is 25.2 Å². The Morgan fingerprint density at radius 3 is 2.26 bits per heavy atom. The van der Waals surface area contributed by atoms with Crippen LogP contribution in [0.15, 0.2) is 30.3 Å². The zero-order chi connectivity index (χ0) is 12.7. The molecule has 0 radical (unpaired) electrons. The molecule has 2 atom stereocenters. The summed E-state index contributed by atoms with van der Waals surface area (Å²) in [7, 11) is 0. The zero-order valence-electron chi connectivity index (χ0n) is 11.3. The van der Waals surface area contributed by atoms with Gasteiger partial charge in [0.2, 0.25) is 0 Å². The summed E-state index contributed by atoms with van der Waals surface area (Å²) in [5.41, 5.74) is 1.41. The monoisotopic (exact) mass is 259 g/mol. The molecule has 2 saturated heterocycles. The lowest BCUT2D eigenvalue weighted by molar-refractivity contribution is -0.231. The van der Waals surface area contributed by atoms with Gasteiger partial charge in [-0.25, -0.2) is 0 Å². The fraction of sp³-hybridized carbons (Fsp3) is 0.625. The number of nitrogens with zero attached hydrogens (tertiary/aromatic N) is 1. The maximum Gasteiger partial charge on any atom is 0.176 e. The van der Waals surface area contributed by atoms with E-state index in [1.807, 2.05) is 0 Å². The fourth-order valence-corrected chi connectivity index (χ4v) is 4.16. The summed E-state index contributed by atoms with van der Waals surface area (Å²) >= 11 is 0. The quantitative estimate of drug-likeness (QED) is 0.813. The second-order valence-electron chi connectivity index (χ2n) is 6.07. The van der Waals surface area contributed by atoms with Crippen molar-refractivity contribution in [3.05, 3.63) is 35.9 Å². The number of piperidine rings is 1. The molecule has 0 aromatic heterocycles. The Kier molecular flexibility index (Phi) is 2.87. The average molecular weight is 259 g/mol. The number of likely N-dealkylation sites (tertiary alicyclic amines) is 1. The average Bonchev–Trinajstić information content (AvgIpc) is 2.97. The molecule has 3 heteroatoms. The van der Waals surface area contributed by atoms with Gasteiger partial charge in [-0.3, -0.25) is 4.90 Å². The van der Waals surface area contributed by atoms with E-state index < -0.39 is 0 Å². The standard InChI is InChI=1S/C16H21NO2/c1-2-4-13(5-3-1)10-17-11-14-6-7-15(12-17)16(14)18-8-9-19-16/h1-5,14-15H,6-12H2/t14-,15+. The van der Waals surface area contributed by atoms with Crippen LogP contribution < -0.4 is 0 Å². The third kappa shape index (κ3) is 1.92. The van der Waals surface area contributed by atoms with E-state index in [9.17, 15) is 0 Å². The molecule has 1 aromatic carbocycles. The van der Waals surface area contributed by atoms with Gasteiger partial charge in [-0.05, 0) is 18.4 Å². The normalized spacial score (nSPS) is 33.1. The van der Waals surface area contributed by atoms with Gasteiger partial charge in [-0.1, -0.05) is 30.3 Å². The van der Waals surface area contributed by atoms with Crippen molar-refractivity contribution in [3.63, 3.8) is 0 Å². The molecule has 2 heterocycles. The van der Waals surface area contributed by atoms with E-state index in [0.717, 1.165) is 32.8 Å². The molecule has 0 N–H and O–H groups in total. The maximum atomic E-state index is 6.02. The highest BCUT2D eigenvalue weighted by atomic mass is 16.7. The summed E-state index contributed by atoms with van der Waals surface area (Å²) in [6, 6.07) is 10.8. The lowest BCUT2D eigenvalue weighted by Crippen LogP contribution is -2.54. The van der Waals surface area contributed by atoms with E-state index in [1.54, 1.807) is 0 Å². The first-order valence-corrected chi connectivity index (χ1v) is 7.41. The van der Waals surface area contributed by atoms with Crippen molar-refractivity contribution in [1.82, 2.24) is 4.90 Å². The molecule has 2 aliphatic heterocycles. The van der Waals surface area contributed by atoms with E-state index in [4.69, 9.17) is 9.47 Å². The highest BCUT2D eigenvalue weighted by Crippen LogP contribution is 2.50. The molecule has 3 fully saturated rings. The molecule has 0 amide bonds. The molecular formula is C16H21NO2. The van der Waals surface area contributed by atoms with Crippen LogP contribution in [0.2, 0.25) is 0 Å². The minimum absolute atomic E-state index is 0.215. The summed E-state index contributed by atoms with van der Waals surface area (Å²) in [6.07, 6.45) is 2.52. The van der Waals surface area contributed by atoms with Crippen LogP contribution in [0.5, 0.6) is 0 Å². The molecule has 1 saturated carbocycles. The Morgan fingerprint density at radius 2 is 1.63 bits per heavy atom. The van der Waals surface area contributed by atoms with Gasteiger partial charge in [0.05, 0.1) is 13.2 Å². The first kappa shape index (κ1) is 11.9.